The van der Waals surface area contributed by atoms with Gasteiger partial charge in [0.2, 0.25) is 0 Å². The van der Waals surface area contributed by atoms with Gasteiger partial charge in [0.1, 0.15) is 0 Å². The number of hydrogen-bond donors (Lipinski definition) is 1. The first-order valence-corrected chi connectivity index (χ1v) is 6.39. The summed E-state index contributed by atoms with van der Waals surface area (Å²) < 4.78 is 0. The number of hydrogen-bond acceptors (Lipinski definition) is 3. The topological polar surface area (TPSA) is 52.9 Å². The molecule has 1 N–H and O–H groups in total. The average Bonchev–Trinajstić information content (AvgIpc) is 2.89. The number of nitriles is 1. The number of benzene rings is 1. The smallest absolute Gasteiger partial charge is 0.252 e. The predicted octanol–water partition coefficient (Wildman–Crippen LogP) is 3.05. The molecule has 2 rings (SSSR count). The third-order valence-electron chi connectivity index (χ3n) is 2.51. The second kappa shape index (κ2) is 5.48. The lowest BCUT2D eigenvalue weighted by Crippen LogP contribution is -2.27. The van der Waals surface area contributed by atoms with E-state index in [1.54, 1.807) is 12.1 Å². The summed E-state index contributed by atoms with van der Waals surface area (Å²) in [6, 6.07) is 12.5. The van der Waals surface area contributed by atoms with Crippen molar-refractivity contribution < 1.29 is 4.79 Å². The van der Waals surface area contributed by atoms with Gasteiger partial charge in [-0.1, -0.05) is 23.8 Å². The second-order valence-corrected chi connectivity index (χ2v) is 4.90. The van der Waals surface area contributed by atoms with Crippen LogP contribution in [0.5, 0.6) is 0 Å². The van der Waals surface area contributed by atoms with Crippen molar-refractivity contribution in [3.8, 4) is 6.07 Å². The van der Waals surface area contributed by atoms with Crippen LogP contribution in [0.2, 0.25) is 0 Å². The molecule has 1 unspecified atom stereocenters. The van der Waals surface area contributed by atoms with Crippen LogP contribution in [0, 0.1) is 18.3 Å². The zero-order valence-electron chi connectivity index (χ0n) is 9.88. The molecule has 1 atom stereocenters. The average molecular weight is 256 g/mol. The van der Waals surface area contributed by atoms with E-state index in [0.29, 0.717) is 5.56 Å². The van der Waals surface area contributed by atoms with E-state index < -0.39 is 6.04 Å². The minimum Gasteiger partial charge on any atom is -0.332 e. The molecule has 1 aromatic carbocycles. The molecule has 1 amide bonds. The van der Waals surface area contributed by atoms with Crippen LogP contribution in [0.4, 0.5) is 0 Å². The standard InChI is InChI=1S/C14H12N2OS/c1-10-4-2-5-11(8-10)14(17)16-12(9-15)13-6-3-7-18-13/h2-8,12H,1H3,(H,16,17). The Kier molecular flexibility index (Phi) is 3.75. The van der Waals surface area contributed by atoms with Gasteiger partial charge in [0, 0.05) is 10.4 Å². The normalized spacial score (nSPS) is 11.6. The summed E-state index contributed by atoms with van der Waals surface area (Å²) >= 11 is 1.46. The zero-order valence-corrected chi connectivity index (χ0v) is 10.7. The van der Waals surface area contributed by atoms with Gasteiger partial charge in [-0.05, 0) is 30.5 Å². The van der Waals surface area contributed by atoms with Crippen LogP contribution in [0.25, 0.3) is 0 Å². The number of nitrogens with one attached hydrogen (secondary N) is 1. The van der Waals surface area contributed by atoms with Crippen LogP contribution in [0.3, 0.4) is 0 Å². The molecule has 90 valence electrons. The molecular weight excluding hydrogens is 244 g/mol. The predicted molar refractivity (Wildman–Crippen MR) is 71.3 cm³/mol. The fraction of sp³-hybridized carbons (Fsp3) is 0.143. The van der Waals surface area contributed by atoms with E-state index in [9.17, 15) is 4.79 Å². The highest BCUT2D eigenvalue weighted by molar-refractivity contribution is 7.10. The van der Waals surface area contributed by atoms with Crippen LogP contribution >= 0.6 is 11.3 Å². The first-order chi connectivity index (χ1) is 8.70. The van der Waals surface area contributed by atoms with Gasteiger partial charge >= 0.3 is 0 Å². The summed E-state index contributed by atoms with van der Waals surface area (Å²) in [7, 11) is 0. The van der Waals surface area contributed by atoms with E-state index in [-0.39, 0.29) is 5.91 Å². The molecule has 0 saturated heterocycles. The molecule has 18 heavy (non-hydrogen) atoms. The minimum absolute atomic E-state index is 0.223. The van der Waals surface area contributed by atoms with Crippen LogP contribution in [-0.4, -0.2) is 5.91 Å². The fourth-order valence-electron chi connectivity index (χ4n) is 1.62. The van der Waals surface area contributed by atoms with Crippen LogP contribution in [-0.2, 0) is 0 Å². The molecule has 3 nitrogen and oxygen atoms in total. The maximum atomic E-state index is 12.0. The van der Waals surface area contributed by atoms with Gasteiger partial charge in [0.15, 0.2) is 6.04 Å². The Morgan fingerprint density at radius 3 is 2.83 bits per heavy atom. The van der Waals surface area contributed by atoms with E-state index in [2.05, 4.69) is 11.4 Å². The number of carbonyl (C=O) groups is 1. The summed E-state index contributed by atoms with van der Waals surface area (Å²) in [4.78, 5) is 12.8. The van der Waals surface area contributed by atoms with Crippen molar-refractivity contribution in [1.29, 1.82) is 5.26 Å². The zero-order chi connectivity index (χ0) is 13.0. The van der Waals surface area contributed by atoms with E-state index in [4.69, 9.17) is 5.26 Å². The van der Waals surface area contributed by atoms with E-state index in [1.807, 2.05) is 36.6 Å². The molecule has 1 heterocycles. The summed E-state index contributed by atoms with van der Waals surface area (Å²) in [6.07, 6.45) is 0. The lowest BCUT2D eigenvalue weighted by molar-refractivity contribution is 0.0945. The van der Waals surface area contributed by atoms with Crippen molar-refractivity contribution >= 4 is 17.2 Å². The number of thiophene rings is 1. The molecule has 2 aromatic rings. The molecular formula is C14H12N2OS. The Hall–Kier alpha value is -2.12. The third kappa shape index (κ3) is 2.76. The summed E-state index contributed by atoms with van der Waals surface area (Å²) in [5, 5.41) is 13.7. The third-order valence-corrected chi connectivity index (χ3v) is 3.45. The number of aryl methyl sites for hydroxylation is 1. The summed E-state index contributed by atoms with van der Waals surface area (Å²) in [5.74, 6) is -0.223. The van der Waals surface area contributed by atoms with Crippen molar-refractivity contribution in [3.63, 3.8) is 0 Å². The second-order valence-electron chi connectivity index (χ2n) is 3.92. The van der Waals surface area contributed by atoms with Crippen molar-refractivity contribution in [2.45, 2.75) is 13.0 Å². The molecule has 0 radical (unpaired) electrons. The molecule has 4 heteroatoms. The van der Waals surface area contributed by atoms with Gasteiger partial charge < -0.3 is 5.32 Å². The van der Waals surface area contributed by atoms with Gasteiger partial charge in [-0.15, -0.1) is 11.3 Å². The number of amides is 1. The van der Waals surface area contributed by atoms with Crippen molar-refractivity contribution in [1.82, 2.24) is 5.32 Å². The van der Waals surface area contributed by atoms with Gasteiger partial charge in [-0.25, -0.2) is 0 Å². The van der Waals surface area contributed by atoms with Gasteiger partial charge in [0.05, 0.1) is 6.07 Å². The SMILES string of the molecule is Cc1cccc(C(=O)NC(C#N)c2cccs2)c1. The monoisotopic (exact) mass is 256 g/mol. The molecule has 0 fully saturated rings. The largest absolute Gasteiger partial charge is 0.332 e. The van der Waals surface area contributed by atoms with Crippen LogP contribution in [0.15, 0.2) is 41.8 Å². The Balaban J connectivity index is 2.14. The van der Waals surface area contributed by atoms with E-state index in [0.717, 1.165) is 10.4 Å². The molecule has 0 spiro atoms. The maximum absolute atomic E-state index is 12.0. The quantitative estimate of drug-likeness (QED) is 0.917. The molecule has 0 bridgehead atoms. The molecule has 0 aliphatic carbocycles. The Morgan fingerprint density at radius 2 is 2.22 bits per heavy atom. The Bertz CT molecular complexity index is 584. The lowest BCUT2D eigenvalue weighted by Gasteiger charge is -2.10. The van der Waals surface area contributed by atoms with E-state index >= 15 is 0 Å². The highest BCUT2D eigenvalue weighted by Crippen LogP contribution is 2.18. The highest BCUT2D eigenvalue weighted by atomic mass is 32.1. The highest BCUT2D eigenvalue weighted by Gasteiger charge is 2.15. The number of carbonyl (C=O) groups excluding carboxylic acids is 1. The first-order valence-electron chi connectivity index (χ1n) is 5.51. The molecule has 0 aliphatic rings. The summed E-state index contributed by atoms with van der Waals surface area (Å²) in [5.41, 5.74) is 1.60. The number of nitrogens with zero attached hydrogens (tertiary/aromatic N) is 1. The first kappa shape index (κ1) is 12.3. The Morgan fingerprint density at radius 1 is 1.39 bits per heavy atom. The van der Waals surface area contributed by atoms with Crippen molar-refractivity contribution in [2.75, 3.05) is 0 Å². The van der Waals surface area contributed by atoms with Crippen LogP contribution in [0.1, 0.15) is 26.8 Å². The maximum Gasteiger partial charge on any atom is 0.252 e. The van der Waals surface area contributed by atoms with Gasteiger partial charge in [-0.3, -0.25) is 4.79 Å². The van der Waals surface area contributed by atoms with Gasteiger partial charge in [-0.2, -0.15) is 5.26 Å². The summed E-state index contributed by atoms with van der Waals surface area (Å²) in [6.45, 7) is 1.93. The number of rotatable bonds is 3. The van der Waals surface area contributed by atoms with E-state index in [1.165, 1.54) is 11.3 Å². The van der Waals surface area contributed by atoms with Crippen molar-refractivity contribution in [2.24, 2.45) is 0 Å². The molecule has 0 aliphatic heterocycles. The Labute approximate surface area is 110 Å². The lowest BCUT2D eigenvalue weighted by atomic mass is 10.1. The fourth-order valence-corrected chi connectivity index (χ4v) is 2.34. The molecule has 1 aromatic heterocycles. The minimum atomic E-state index is -0.585. The molecule has 0 saturated carbocycles. The van der Waals surface area contributed by atoms with Gasteiger partial charge in [0.25, 0.3) is 5.91 Å². The van der Waals surface area contributed by atoms with Crippen molar-refractivity contribution in [3.05, 3.63) is 57.8 Å². The van der Waals surface area contributed by atoms with Crippen LogP contribution < -0.4 is 5.32 Å².